The molecule has 1 N–H and O–H groups in total. The first-order valence-electron chi connectivity index (χ1n) is 8.28. The summed E-state index contributed by atoms with van der Waals surface area (Å²) in [5.41, 5.74) is 1.65. The van der Waals surface area contributed by atoms with E-state index in [4.69, 9.17) is 0 Å². The van der Waals surface area contributed by atoms with Crippen LogP contribution >= 0.6 is 11.3 Å². The van der Waals surface area contributed by atoms with Gasteiger partial charge in [0.25, 0.3) is 5.91 Å². The first-order valence-corrected chi connectivity index (χ1v) is 9.09. The Kier molecular flexibility index (Phi) is 5.03. The molecule has 1 fully saturated rings. The van der Waals surface area contributed by atoms with Crippen LogP contribution in [0, 0.1) is 6.92 Å². The quantitative estimate of drug-likeness (QED) is 0.893. The molecule has 0 aromatic carbocycles. The molecule has 3 amide bonds. The number of rotatable bonds is 3. The summed E-state index contributed by atoms with van der Waals surface area (Å²) in [6, 6.07) is -0.0672. The lowest BCUT2D eigenvalue weighted by Crippen LogP contribution is -2.53. The Morgan fingerprint density at radius 3 is 2.52 bits per heavy atom. The Morgan fingerprint density at radius 1 is 1.24 bits per heavy atom. The van der Waals surface area contributed by atoms with Gasteiger partial charge in [-0.2, -0.15) is 5.10 Å². The largest absolute Gasteiger partial charge is 0.338 e. The number of hydrogen-bond donors (Lipinski definition) is 1. The molecule has 0 bridgehead atoms. The second-order valence-corrected chi connectivity index (χ2v) is 6.95. The smallest absolute Gasteiger partial charge is 0.317 e. The summed E-state index contributed by atoms with van der Waals surface area (Å²) in [4.78, 5) is 33.4. The third kappa shape index (κ3) is 3.65. The number of carbonyl (C=O) groups excluding carboxylic acids is 2. The van der Waals surface area contributed by atoms with E-state index in [1.165, 1.54) is 11.3 Å². The van der Waals surface area contributed by atoms with E-state index in [0.717, 1.165) is 16.3 Å². The molecule has 0 unspecified atom stereocenters. The number of amides is 3. The van der Waals surface area contributed by atoms with Gasteiger partial charge < -0.3 is 15.1 Å². The highest BCUT2D eigenvalue weighted by molar-refractivity contribution is 7.17. The van der Waals surface area contributed by atoms with Crippen molar-refractivity contribution >= 4 is 23.3 Å². The van der Waals surface area contributed by atoms with Crippen molar-refractivity contribution < 1.29 is 9.59 Å². The Labute approximate surface area is 150 Å². The molecule has 3 rings (SSSR count). The van der Waals surface area contributed by atoms with E-state index < -0.39 is 0 Å². The van der Waals surface area contributed by atoms with Crippen molar-refractivity contribution in [2.75, 3.05) is 32.7 Å². The van der Waals surface area contributed by atoms with E-state index in [2.05, 4.69) is 15.4 Å². The predicted molar refractivity (Wildman–Crippen MR) is 95.6 cm³/mol. The molecule has 0 spiro atoms. The lowest BCUT2D eigenvalue weighted by atomic mass is 10.3. The summed E-state index contributed by atoms with van der Waals surface area (Å²) < 4.78 is 1.72. The van der Waals surface area contributed by atoms with E-state index >= 15 is 0 Å². The van der Waals surface area contributed by atoms with Crippen LogP contribution < -0.4 is 5.32 Å². The van der Waals surface area contributed by atoms with Crippen LogP contribution in [0.25, 0.3) is 10.6 Å². The maximum absolute atomic E-state index is 12.8. The molecule has 2 aromatic heterocycles. The molecule has 1 aliphatic heterocycles. The molecule has 8 nitrogen and oxygen atoms in total. The van der Waals surface area contributed by atoms with Gasteiger partial charge in [-0.15, -0.1) is 11.3 Å². The normalized spacial score (nSPS) is 14.7. The molecule has 0 atom stereocenters. The van der Waals surface area contributed by atoms with Gasteiger partial charge in [-0.1, -0.05) is 0 Å². The summed E-state index contributed by atoms with van der Waals surface area (Å²) in [7, 11) is 1.85. The molecule has 9 heteroatoms. The van der Waals surface area contributed by atoms with Crippen LogP contribution in [0.2, 0.25) is 0 Å². The Hall–Kier alpha value is -2.42. The second-order valence-electron chi connectivity index (χ2n) is 5.95. The van der Waals surface area contributed by atoms with Crippen molar-refractivity contribution in [2.45, 2.75) is 13.8 Å². The van der Waals surface area contributed by atoms with Crippen molar-refractivity contribution in [3.63, 3.8) is 0 Å². The number of carbonyl (C=O) groups is 2. The zero-order valence-electron chi connectivity index (χ0n) is 14.7. The van der Waals surface area contributed by atoms with Gasteiger partial charge in [-0.25, -0.2) is 9.78 Å². The zero-order chi connectivity index (χ0) is 18.0. The SMILES string of the molecule is CCNC(=O)N1CCN(C(=O)c2sc(-c3cnn(C)c3)nc2C)CC1. The number of urea groups is 1. The highest BCUT2D eigenvalue weighted by Crippen LogP contribution is 2.28. The number of aryl methyl sites for hydroxylation is 2. The van der Waals surface area contributed by atoms with Crippen molar-refractivity contribution in [1.29, 1.82) is 0 Å². The Balaban J connectivity index is 1.68. The van der Waals surface area contributed by atoms with E-state index in [1.54, 1.807) is 20.7 Å². The summed E-state index contributed by atoms with van der Waals surface area (Å²) in [6.07, 6.45) is 3.63. The molecule has 25 heavy (non-hydrogen) atoms. The van der Waals surface area contributed by atoms with Gasteiger partial charge in [0, 0.05) is 51.5 Å². The van der Waals surface area contributed by atoms with Gasteiger partial charge >= 0.3 is 6.03 Å². The molecule has 134 valence electrons. The minimum Gasteiger partial charge on any atom is -0.338 e. The number of thiazole rings is 1. The molecule has 0 aliphatic carbocycles. The summed E-state index contributed by atoms with van der Waals surface area (Å²) >= 11 is 1.39. The maximum Gasteiger partial charge on any atom is 0.317 e. The standard InChI is InChI=1S/C16H22N6O2S/c1-4-17-16(24)22-7-5-21(6-8-22)15(23)13-11(2)19-14(25-13)12-9-18-20(3)10-12/h9-10H,4-8H2,1-3H3,(H,17,24). The van der Waals surface area contributed by atoms with Gasteiger partial charge in [0.15, 0.2) is 0 Å². The molecule has 2 aromatic rings. The Morgan fingerprint density at radius 2 is 1.92 bits per heavy atom. The number of nitrogens with zero attached hydrogens (tertiary/aromatic N) is 5. The molecular formula is C16H22N6O2S. The van der Waals surface area contributed by atoms with E-state index in [-0.39, 0.29) is 11.9 Å². The Bertz CT molecular complexity index is 775. The second kappa shape index (κ2) is 7.22. The average molecular weight is 362 g/mol. The minimum atomic E-state index is -0.0672. The molecule has 3 heterocycles. The number of piperazine rings is 1. The van der Waals surface area contributed by atoms with Crippen molar-refractivity contribution in [3.05, 3.63) is 23.0 Å². The summed E-state index contributed by atoms with van der Waals surface area (Å²) in [6.45, 7) is 6.52. The van der Waals surface area contributed by atoms with Crippen LogP contribution in [0.15, 0.2) is 12.4 Å². The predicted octanol–water partition coefficient (Wildman–Crippen LogP) is 1.34. The van der Waals surface area contributed by atoms with Crippen molar-refractivity contribution in [3.8, 4) is 10.6 Å². The summed E-state index contributed by atoms with van der Waals surface area (Å²) in [5, 5.41) is 7.74. The fourth-order valence-electron chi connectivity index (χ4n) is 2.77. The van der Waals surface area contributed by atoms with E-state index in [1.807, 2.05) is 27.1 Å². The van der Waals surface area contributed by atoms with Gasteiger partial charge in [0.2, 0.25) is 0 Å². The number of aromatic nitrogens is 3. The third-order valence-corrected chi connectivity index (χ3v) is 5.32. The highest BCUT2D eigenvalue weighted by atomic mass is 32.1. The van der Waals surface area contributed by atoms with Gasteiger partial charge in [-0.05, 0) is 13.8 Å². The van der Waals surface area contributed by atoms with Crippen LogP contribution in [0.1, 0.15) is 22.3 Å². The van der Waals surface area contributed by atoms with Crippen molar-refractivity contribution in [2.24, 2.45) is 7.05 Å². The highest BCUT2D eigenvalue weighted by Gasteiger charge is 2.27. The van der Waals surface area contributed by atoms with Crippen LogP contribution in [-0.2, 0) is 7.05 Å². The topological polar surface area (TPSA) is 83.4 Å². The molecular weight excluding hydrogens is 340 g/mol. The van der Waals surface area contributed by atoms with Gasteiger partial charge in [-0.3, -0.25) is 9.48 Å². The van der Waals surface area contributed by atoms with Crippen LogP contribution in [-0.4, -0.2) is 69.2 Å². The average Bonchev–Trinajstić information content (AvgIpc) is 3.20. The van der Waals surface area contributed by atoms with E-state index in [9.17, 15) is 9.59 Å². The van der Waals surface area contributed by atoms with Crippen LogP contribution in [0.4, 0.5) is 4.79 Å². The minimum absolute atomic E-state index is 0.0133. The zero-order valence-corrected chi connectivity index (χ0v) is 15.5. The molecule has 1 aliphatic rings. The summed E-state index contributed by atoms with van der Waals surface area (Å²) in [5.74, 6) is -0.0133. The van der Waals surface area contributed by atoms with Crippen molar-refractivity contribution in [1.82, 2.24) is 29.9 Å². The lowest BCUT2D eigenvalue weighted by Gasteiger charge is -2.34. The first kappa shape index (κ1) is 17.4. The van der Waals surface area contributed by atoms with Crippen LogP contribution in [0.3, 0.4) is 0 Å². The molecule has 0 saturated carbocycles. The first-order chi connectivity index (χ1) is 12.0. The monoisotopic (exact) mass is 362 g/mol. The molecule has 1 saturated heterocycles. The maximum atomic E-state index is 12.8. The number of nitrogens with one attached hydrogen (secondary N) is 1. The lowest BCUT2D eigenvalue weighted by molar-refractivity contribution is 0.0669. The fourth-order valence-corrected chi connectivity index (χ4v) is 3.78. The van der Waals surface area contributed by atoms with Gasteiger partial charge in [0.1, 0.15) is 9.88 Å². The van der Waals surface area contributed by atoms with Gasteiger partial charge in [0.05, 0.1) is 11.9 Å². The van der Waals surface area contributed by atoms with E-state index in [0.29, 0.717) is 37.6 Å². The molecule has 0 radical (unpaired) electrons. The van der Waals surface area contributed by atoms with Crippen LogP contribution in [0.5, 0.6) is 0 Å². The third-order valence-electron chi connectivity index (χ3n) is 4.12. The number of hydrogen-bond acceptors (Lipinski definition) is 5. The fraction of sp³-hybridized carbons (Fsp3) is 0.500.